The van der Waals surface area contributed by atoms with Crippen molar-refractivity contribution in [3.8, 4) is 0 Å². The number of likely N-dealkylation sites (tertiary alicyclic amines) is 1. The van der Waals surface area contributed by atoms with Gasteiger partial charge in [-0.3, -0.25) is 9.59 Å². The van der Waals surface area contributed by atoms with Crippen LogP contribution in [0.5, 0.6) is 0 Å². The molecule has 1 N–H and O–H groups in total. The number of hydrogen-bond donors (Lipinski definition) is 1. The Bertz CT molecular complexity index is 978. The molecule has 1 aliphatic rings. The van der Waals surface area contributed by atoms with Crippen LogP contribution in [0.15, 0.2) is 15.5 Å². The number of rotatable bonds is 10. The van der Waals surface area contributed by atoms with Gasteiger partial charge in [0, 0.05) is 13.0 Å². The highest BCUT2D eigenvalue weighted by Gasteiger charge is 2.40. The predicted molar refractivity (Wildman–Crippen MR) is 145 cm³/mol. The molecule has 0 radical (unpaired) electrons. The first-order valence-electron chi connectivity index (χ1n) is 12.0. The zero-order chi connectivity index (χ0) is 26.8. The summed E-state index contributed by atoms with van der Waals surface area (Å²) in [6.07, 6.45) is 2.61. The maximum atomic E-state index is 13.3. The van der Waals surface area contributed by atoms with Crippen molar-refractivity contribution < 1.29 is 28.3 Å². The molecule has 0 saturated carbocycles. The van der Waals surface area contributed by atoms with E-state index >= 15 is 0 Å². The van der Waals surface area contributed by atoms with Gasteiger partial charge < -0.3 is 18.8 Å². The number of hydrogen-bond acceptors (Lipinski definition) is 6. The van der Waals surface area contributed by atoms with Crippen LogP contribution in [0.2, 0.25) is 37.8 Å². The van der Waals surface area contributed by atoms with E-state index in [1.807, 2.05) is 25.7 Å². The van der Waals surface area contributed by atoms with Gasteiger partial charge in [0.15, 0.2) is 14.0 Å². The summed E-state index contributed by atoms with van der Waals surface area (Å²) >= 11 is 3.30. The van der Waals surface area contributed by atoms with Crippen molar-refractivity contribution in [1.29, 1.82) is 0 Å². The molecule has 1 amide bonds. The molecule has 1 aromatic heterocycles. The lowest BCUT2D eigenvalue weighted by molar-refractivity contribution is -0.141. The number of aliphatic carboxylic acids is 1. The monoisotopic (exact) mass is 586 g/mol. The second-order valence-corrected chi connectivity index (χ2v) is 21.9. The molecule has 1 fully saturated rings. The number of amides is 1. The van der Waals surface area contributed by atoms with Crippen molar-refractivity contribution in [3.63, 3.8) is 0 Å². The summed E-state index contributed by atoms with van der Waals surface area (Å²) in [4.78, 5) is 45.4. The van der Waals surface area contributed by atoms with Crippen molar-refractivity contribution in [3.05, 3.63) is 22.6 Å². The van der Waals surface area contributed by atoms with Crippen LogP contribution in [0.1, 0.15) is 56.4 Å². The Morgan fingerprint density at radius 2 is 1.89 bits per heavy atom. The molecule has 0 spiro atoms. The summed E-state index contributed by atoms with van der Waals surface area (Å²) in [6.45, 7) is 17.2. The molecule has 0 bridgehead atoms. The Labute approximate surface area is 218 Å². The van der Waals surface area contributed by atoms with Gasteiger partial charge in [-0.25, -0.2) is 9.78 Å². The molecule has 0 aliphatic carbocycles. The molecular formula is C24H39BrN2O6Si2. The van der Waals surface area contributed by atoms with Crippen LogP contribution >= 0.6 is 15.9 Å². The Morgan fingerprint density at radius 1 is 1.26 bits per heavy atom. The van der Waals surface area contributed by atoms with Gasteiger partial charge in [0.1, 0.15) is 25.3 Å². The minimum absolute atomic E-state index is 0.00189. The number of carboxylic acid groups (broad SMARTS) is 1. The Balaban J connectivity index is 2.25. The third-order valence-electron chi connectivity index (χ3n) is 6.67. The largest absolute Gasteiger partial charge is 0.480 e. The fourth-order valence-corrected chi connectivity index (χ4v) is 6.66. The summed E-state index contributed by atoms with van der Waals surface area (Å²) in [5.41, 5.74) is 0.148. The lowest BCUT2D eigenvalue weighted by atomic mass is 10.1. The smallest absolute Gasteiger partial charge is 0.326 e. The van der Waals surface area contributed by atoms with Crippen LogP contribution in [0.4, 0.5) is 0 Å². The Hall–Kier alpha value is -1.57. The van der Waals surface area contributed by atoms with E-state index in [2.05, 4.69) is 54.8 Å². The van der Waals surface area contributed by atoms with E-state index in [1.54, 1.807) is 4.99 Å². The fourth-order valence-electron chi connectivity index (χ4n) is 3.75. The third-order valence-corrected chi connectivity index (χ3v) is 13.2. The summed E-state index contributed by atoms with van der Waals surface area (Å²) in [7, 11) is -4.24. The first-order chi connectivity index (χ1) is 16.0. The van der Waals surface area contributed by atoms with Gasteiger partial charge in [0.05, 0.1) is 12.5 Å². The predicted octanol–water partition coefficient (Wildman–Crippen LogP) is 4.71. The van der Waals surface area contributed by atoms with Gasteiger partial charge in [-0.1, -0.05) is 56.3 Å². The molecule has 2 rings (SSSR count). The molecule has 8 nitrogen and oxygen atoms in total. The van der Waals surface area contributed by atoms with Crippen molar-refractivity contribution in [2.75, 3.05) is 6.54 Å². The number of aromatic nitrogens is 1. The van der Waals surface area contributed by atoms with Crippen molar-refractivity contribution in [2.45, 2.75) is 96.4 Å². The molecule has 196 valence electrons. The second-order valence-electron chi connectivity index (χ2n) is 11.7. The van der Waals surface area contributed by atoms with Crippen LogP contribution in [-0.2, 0) is 20.4 Å². The number of carbonyl (C=O) groups is 3. The number of oxazole rings is 1. The molecule has 35 heavy (non-hydrogen) atoms. The van der Waals surface area contributed by atoms with Gasteiger partial charge in [0.25, 0.3) is 5.91 Å². The average Bonchev–Trinajstić information content (AvgIpc) is 3.33. The van der Waals surface area contributed by atoms with E-state index < -0.39 is 34.3 Å². The minimum Gasteiger partial charge on any atom is -0.480 e. The molecular weight excluding hydrogens is 548 g/mol. The minimum atomic E-state index is -2.14. The maximum Gasteiger partial charge on any atom is 0.326 e. The highest BCUT2D eigenvalue weighted by molar-refractivity contribution is 9.11. The van der Waals surface area contributed by atoms with Crippen LogP contribution in [-0.4, -0.2) is 67.7 Å². The summed E-state index contributed by atoms with van der Waals surface area (Å²) in [5.74, 6) is -1.37. The normalized spacial score (nSPS) is 18.3. The van der Waals surface area contributed by atoms with E-state index in [4.69, 9.17) is 8.84 Å². The maximum absolute atomic E-state index is 13.3. The Morgan fingerprint density at radius 3 is 2.40 bits per heavy atom. The number of Topliss-reactive ketones (excluding diaryl/α,β-unsaturated/α-hetero) is 1. The summed E-state index contributed by atoms with van der Waals surface area (Å²) in [6, 6.07) is -0.858. The van der Waals surface area contributed by atoms with E-state index in [0.717, 1.165) is 0 Å². The van der Waals surface area contributed by atoms with Crippen LogP contribution in [0, 0.1) is 0 Å². The lowest BCUT2D eigenvalue weighted by Gasteiger charge is -2.38. The number of carbonyl (C=O) groups excluding carboxylic acids is 2. The Kier molecular flexibility index (Phi) is 9.51. The molecule has 11 heteroatoms. The summed E-state index contributed by atoms with van der Waals surface area (Å²) < 4.78 is 12.4. The van der Waals surface area contributed by atoms with Crippen LogP contribution in [0.25, 0.3) is 0 Å². The zero-order valence-electron chi connectivity index (χ0n) is 22.1. The highest BCUT2D eigenvalue weighted by atomic mass is 79.9. The van der Waals surface area contributed by atoms with Crippen LogP contribution in [0.3, 0.4) is 0 Å². The second kappa shape index (κ2) is 11.2. The number of ketones is 1. The number of nitrogens with zero attached hydrogens (tertiary/aromatic N) is 2. The van der Waals surface area contributed by atoms with Crippen molar-refractivity contribution >= 4 is 55.4 Å². The molecule has 1 aromatic rings. The third kappa shape index (κ3) is 7.47. The molecule has 1 aliphatic heterocycles. The SMILES string of the molecule is CC(C)(C)[Si](C)(C)O[C@H](/C=C/Br)CC(=O)Cc1nc(C(=O)N2CCC[C@@H]2C(=O)O)c([Si](C)(C)C)o1. The van der Waals surface area contributed by atoms with Gasteiger partial charge in [-0.05, 0) is 42.0 Å². The first kappa shape index (κ1) is 29.7. The molecule has 2 heterocycles. The average molecular weight is 588 g/mol. The van der Waals surface area contributed by atoms with Gasteiger partial charge in [0.2, 0.25) is 5.89 Å². The van der Waals surface area contributed by atoms with E-state index in [-0.39, 0.29) is 41.4 Å². The highest BCUT2D eigenvalue weighted by Crippen LogP contribution is 2.38. The van der Waals surface area contributed by atoms with Gasteiger partial charge in [-0.15, -0.1) is 0 Å². The lowest BCUT2D eigenvalue weighted by Crippen LogP contribution is -2.46. The number of carboxylic acids is 1. The first-order valence-corrected chi connectivity index (χ1v) is 19.3. The van der Waals surface area contributed by atoms with Crippen molar-refractivity contribution in [1.82, 2.24) is 9.88 Å². The summed E-state index contributed by atoms with van der Waals surface area (Å²) in [5, 5.41) is 10.00. The van der Waals surface area contributed by atoms with Crippen LogP contribution < -0.4 is 5.38 Å². The quantitative estimate of drug-likeness (QED) is 0.395. The van der Waals surface area contributed by atoms with E-state index in [1.165, 1.54) is 4.90 Å². The molecule has 2 atom stereocenters. The molecule has 0 unspecified atom stereocenters. The van der Waals surface area contributed by atoms with Crippen molar-refractivity contribution in [2.24, 2.45) is 0 Å². The number of halogens is 1. The van der Waals surface area contributed by atoms with E-state index in [0.29, 0.717) is 24.8 Å². The standard InChI is InChI=1S/C24H39BrN2O6Si2/c1-24(2,3)35(7,8)33-17(11-12-25)14-16(28)15-19-26-20(23(32-19)34(4,5)6)21(29)27-13-9-10-18(27)22(30)31/h11-12,17-18H,9-10,13-15H2,1-8H3,(H,30,31)/b12-11+/t17-,18-/m1/s1. The fraction of sp³-hybridized carbons (Fsp3) is 0.667. The molecule has 0 aromatic carbocycles. The zero-order valence-corrected chi connectivity index (χ0v) is 25.7. The molecule has 1 saturated heterocycles. The topological polar surface area (TPSA) is 110 Å². The van der Waals surface area contributed by atoms with Gasteiger partial charge >= 0.3 is 5.97 Å². The van der Waals surface area contributed by atoms with E-state index in [9.17, 15) is 19.5 Å². The van der Waals surface area contributed by atoms with Gasteiger partial charge in [-0.2, -0.15) is 0 Å².